The number of halogens is 3. The molecule has 37 heavy (non-hydrogen) atoms. The molecular weight excluding hydrogens is 491 g/mol. The van der Waals surface area contributed by atoms with E-state index in [-0.39, 0.29) is 22.5 Å². The van der Waals surface area contributed by atoms with Gasteiger partial charge in [0.2, 0.25) is 0 Å². The molecular formula is C30H42F3NO2Si. The highest BCUT2D eigenvalue weighted by molar-refractivity contribution is 6.74. The Kier molecular flexibility index (Phi) is 7.26. The fraction of sp³-hybridized carbons (Fsp3) is 0.633. The van der Waals surface area contributed by atoms with Gasteiger partial charge in [0.1, 0.15) is 6.10 Å². The van der Waals surface area contributed by atoms with E-state index in [9.17, 15) is 18.3 Å². The van der Waals surface area contributed by atoms with Gasteiger partial charge < -0.3 is 9.53 Å². The number of nitrogens with zero attached hydrogens (tertiary/aromatic N) is 1. The van der Waals surface area contributed by atoms with Crippen molar-refractivity contribution in [3.63, 3.8) is 0 Å². The summed E-state index contributed by atoms with van der Waals surface area (Å²) in [6, 6.07) is 4.89. The van der Waals surface area contributed by atoms with Gasteiger partial charge in [-0.15, -0.1) is 0 Å². The number of hydrogen-bond donors (Lipinski definition) is 1. The number of alkyl halides is 3. The van der Waals surface area contributed by atoms with Crippen LogP contribution in [0.15, 0.2) is 24.3 Å². The summed E-state index contributed by atoms with van der Waals surface area (Å²) in [4.78, 5) is 5.23. The number of rotatable bonds is 5. The molecule has 2 unspecified atom stereocenters. The van der Waals surface area contributed by atoms with Gasteiger partial charge in [-0.3, -0.25) is 4.98 Å². The summed E-state index contributed by atoms with van der Waals surface area (Å²) in [5, 5.41) is 11.7. The van der Waals surface area contributed by atoms with E-state index in [1.165, 1.54) is 12.1 Å². The van der Waals surface area contributed by atoms with Crippen molar-refractivity contribution in [2.45, 2.75) is 116 Å². The molecule has 1 N–H and O–H groups in total. The summed E-state index contributed by atoms with van der Waals surface area (Å²) >= 11 is 0. The zero-order chi connectivity index (χ0) is 27.6. The molecule has 0 radical (unpaired) electrons. The van der Waals surface area contributed by atoms with Crippen LogP contribution in [0.4, 0.5) is 13.2 Å². The minimum Gasteiger partial charge on any atom is -0.410 e. The molecule has 204 valence electrons. The molecule has 7 heteroatoms. The lowest BCUT2D eigenvalue weighted by Gasteiger charge is -2.45. The second-order valence-electron chi connectivity index (χ2n) is 13.5. The van der Waals surface area contributed by atoms with E-state index in [4.69, 9.17) is 9.41 Å². The third-order valence-electron chi connectivity index (χ3n) is 8.92. The maximum absolute atomic E-state index is 13.2. The molecule has 4 rings (SSSR count). The number of fused-ring (bicyclic) bond motifs is 1. The molecule has 0 bridgehead atoms. The molecule has 0 amide bonds. The lowest BCUT2D eigenvalue weighted by Crippen LogP contribution is -2.44. The molecule has 2 aliphatic carbocycles. The Morgan fingerprint density at radius 3 is 2.16 bits per heavy atom. The number of hydrogen-bond acceptors (Lipinski definition) is 3. The molecule has 2 aliphatic rings. The minimum absolute atomic E-state index is 0.0317. The summed E-state index contributed by atoms with van der Waals surface area (Å²) in [7, 11) is -2.11. The van der Waals surface area contributed by atoms with Crippen LogP contribution < -0.4 is 0 Å². The number of aliphatic hydroxyl groups excluding tert-OH is 1. The molecule has 1 fully saturated rings. The SMILES string of the molecule is Cc1c2c(nc(C3CCC3)c1C(O)c1ccc(C(F)(F)F)cc1)CC(C)(C)CC2O[Si](C)(C)C(C)(C)C. The number of pyridine rings is 1. The first-order chi connectivity index (χ1) is 16.9. The van der Waals surface area contributed by atoms with E-state index in [2.05, 4.69) is 47.7 Å². The molecule has 1 aromatic carbocycles. The van der Waals surface area contributed by atoms with Crippen LogP contribution in [-0.4, -0.2) is 18.4 Å². The number of benzene rings is 1. The predicted octanol–water partition coefficient (Wildman–Crippen LogP) is 8.79. The largest absolute Gasteiger partial charge is 0.416 e. The van der Waals surface area contributed by atoms with Gasteiger partial charge in [-0.05, 0) is 79.4 Å². The van der Waals surface area contributed by atoms with Crippen LogP contribution in [0, 0.1) is 12.3 Å². The lowest BCUT2D eigenvalue weighted by molar-refractivity contribution is -0.137. The second kappa shape index (κ2) is 9.49. The number of aliphatic hydroxyl groups is 1. The quantitative estimate of drug-likeness (QED) is 0.391. The van der Waals surface area contributed by atoms with E-state index in [0.717, 1.165) is 72.3 Å². The average Bonchev–Trinajstić information content (AvgIpc) is 2.69. The van der Waals surface area contributed by atoms with Gasteiger partial charge in [-0.25, -0.2) is 0 Å². The van der Waals surface area contributed by atoms with Crippen molar-refractivity contribution >= 4 is 8.32 Å². The Morgan fingerprint density at radius 2 is 1.68 bits per heavy atom. The topological polar surface area (TPSA) is 42.4 Å². The Morgan fingerprint density at radius 1 is 1.08 bits per heavy atom. The first-order valence-corrected chi connectivity index (χ1v) is 16.4. The monoisotopic (exact) mass is 533 g/mol. The van der Waals surface area contributed by atoms with E-state index < -0.39 is 26.2 Å². The normalized spacial score (nSPS) is 21.4. The van der Waals surface area contributed by atoms with Gasteiger partial charge >= 0.3 is 6.18 Å². The van der Waals surface area contributed by atoms with Crippen LogP contribution in [0.25, 0.3) is 0 Å². The maximum Gasteiger partial charge on any atom is 0.416 e. The first kappa shape index (κ1) is 28.3. The molecule has 2 aromatic rings. The van der Waals surface area contributed by atoms with Crippen LogP contribution in [0.1, 0.15) is 118 Å². The number of aromatic nitrogens is 1. The third-order valence-corrected chi connectivity index (χ3v) is 13.4. The van der Waals surface area contributed by atoms with Gasteiger partial charge in [-0.2, -0.15) is 13.2 Å². The third kappa shape index (κ3) is 5.55. The molecule has 3 nitrogen and oxygen atoms in total. The van der Waals surface area contributed by atoms with Crippen molar-refractivity contribution < 1.29 is 22.7 Å². The highest BCUT2D eigenvalue weighted by Gasteiger charge is 2.44. The summed E-state index contributed by atoms with van der Waals surface area (Å²) in [5.41, 5.74) is 4.56. The predicted molar refractivity (Wildman–Crippen MR) is 144 cm³/mol. The molecule has 0 spiro atoms. The fourth-order valence-corrected chi connectivity index (χ4v) is 6.77. The lowest BCUT2D eigenvalue weighted by atomic mass is 9.71. The van der Waals surface area contributed by atoms with E-state index >= 15 is 0 Å². The highest BCUT2D eigenvalue weighted by atomic mass is 28.4. The molecule has 0 saturated heterocycles. The van der Waals surface area contributed by atoms with E-state index in [0.29, 0.717) is 5.56 Å². The maximum atomic E-state index is 13.2. The van der Waals surface area contributed by atoms with Crippen molar-refractivity contribution in [3.8, 4) is 0 Å². The first-order valence-electron chi connectivity index (χ1n) is 13.5. The zero-order valence-corrected chi connectivity index (χ0v) is 24.5. The Labute approximate surface area is 221 Å². The van der Waals surface area contributed by atoms with Gasteiger partial charge in [0.05, 0.1) is 17.4 Å². The Bertz CT molecular complexity index is 1150. The van der Waals surface area contributed by atoms with Gasteiger partial charge in [0, 0.05) is 22.7 Å². The van der Waals surface area contributed by atoms with Crippen LogP contribution in [0.3, 0.4) is 0 Å². The van der Waals surface area contributed by atoms with Gasteiger partial charge in [0.15, 0.2) is 8.32 Å². The van der Waals surface area contributed by atoms with Crippen molar-refractivity contribution in [2.24, 2.45) is 5.41 Å². The van der Waals surface area contributed by atoms with Crippen LogP contribution in [0.2, 0.25) is 18.1 Å². The molecule has 1 saturated carbocycles. The van der Waals surface area contributed by atoms with Crippen LogP contribution in [0.5, 0.6) is 0 Å². The summed E-state index contributed by atoms with van der Waals surface area (Å²) in [6.45, 7) is 17.8. The Hall–Kier alpha value is -1.70. The zero-order valence-electron chi connectivity index (χ0n) is 23.5. The van der Waals surface area contributed by atoms with Crippen LogP contribution >= 0.6 is 0 Å². The van der Waals surface area contributed by atoms with E-state index in [1.54, 1.807) is 0 Å². The van der Waals surface area contributed by atoms with Crippen molar-refractivity contribution in [1.29, 1.82) is 0 Å². The standard InChI is InChI=1S/C30H42F3NO2Si/c1-18-24-22(16-29(5,6)17-23(24)36-37(7,8)28(2,3)4)34-26(19-10-9-11-19)25(18)27(35)20-12-14-21(15-13-20)30(31,32)33/h12-15,19,23,27,35H,9-11,16-17H2,1-8H3. The highest BCUT2D eigenvalue weighted by Crippen LogP contribution is 2.51. The second-order valence-corrected chi connectivity index (χ2v) is 18.2. The van der Waals surface area contributed by atoms with Crippen LogP contribution in [-0.2, 0) is 17.0 Å². The summed E-state index contributed by atoms with van der Waals surface area (Å²) in [6.07, 6.45) is -0.701. The molecule has 2 atom stereocenters. The van der Waals surface area contributed by atoms with E-state index in [1.807, 2.05) is 6.92 Å². The minimum atomic E-state index is -4.41. The van der Waals surface area contributed by atoms with Gasteiger partial charge in [0.25, 0.3) is 0 Å². The summed E-state index contributed by atoms with van der Waals surface area (Å²) in [5.74, 6) is 0.271. The molecule has 0 aliphatic heterocycles. The van der Waals surface area contributed by atoms with Crippen molar-refractivity contribution in [2.75, 3.05) is 0 Å². The average molecular weight is 534 g/mol. The molecule has 1 heterocycles. The Balaban J connectivity index is 1.85. The smallest absolute Gasteiger partial charge is 0.410 e. The fourth-order valence-electron chi connectivity index (χ4n) is 5.50. The van der Waals surface area contributed by atoms with Gasteiger partial charge in [-0.1, -0.05) is 53.2 Å². The van der Waals surface area contributed by atoms with Crippen molar-refractivity contribution in [3.05, 3.63) is 63.5 Å². The molecule has 1 aromatic heterocycles. The van der Waals surface area contributed by atoms with Crippen molar-refractivity contribution in [1.82, 2.24) is 4.98 Å². The summed E-state index contributed by atoms with van der Waals surface area (Å²) < 4.78 is 46.5.